The van der Waals surface area contributed by atoms with Crippen LogP contribution in [0.1, 0.15) is 22.0 Å². The number of morpholine rings is 1. The van der Waals surface area contributed by atoms with Gasteiger partial charge in [0.15, 0.2) is 0 Å². The van der Waals surface area contributed by atoms with E-state index >= 15 is 0 Å². The molecule has 2 N–H and O–H groups in total. The Bertz CT molecular complexity index is 943. The number of amides is 1. The number of nitrogens with one attached hydrogen (secondary N) is 1. The van der Waals surface area contributed by atoms with Crippen LogP contribution in [-0.2, 0) is 14.8 Å². The van der Waals surface area contributed by atoms with Gasteiger partial charge in [0.05, 0.1) is 26.4 Å². The normalized spacial score (nSPS) is 16.2. The minimum Gasteiger partial charge on any atom is -0.495 e. The number of rotatable bonds is 7. The smallest absolute Gasteiger partial charge is 0.251 e. The van der Waals surface area contributed by atoms with Gasteiger partial charge in [-0.05, 0) is 23.8 Å². The van der Waals surface area contributed by atoms with Crippen molar-refractivity contribution < 1.29 is 27.8 Å². The predicted molar refractivity (Wildman–Crippen MR) is 106 cm³/mol. The van der Waals surface area contributed by atoms with Gasteiger partial charge >= 0.3 is 0 Å². The largest absolute Gasteiger partial charge is 0.495 e. The third-order valence-electron chi connectivity index (χ3n) is 4.65. The molecular weight excluding hydrogens is 396 g/mol. The van der Waals surface area contributed by atoms with Gasteiger partial charge in [0.1, 0.15) is 10.6 Å². The number of nitrogens with zero attached hydrogens (tertiary/aromatic N) is 1. The quantitative estimate of drug-likeness (QED) is 0.697. The number of benzene rings is 2. The molecule has 9 heteroatoms. The van der Waals surface area contributed by atoms with E-state index in [0.717, 1.165) is 0 Å². The summed E-state index contributed by atoms with van der Waals surface area (Å²) >= 11 is 0. The van der Waals surface area contributed by atoms with Crippen molar-refractivity contribution in [1.82, 2.24) is 9.62 Å². The van der Waals surface area contributed by atoms with Crippen LogP contribution in [0, 0.1) is 0 Å². The molecular formula is C20H24N2O6S. The van der Waals surface area contributed by atoms with Gasteiger partial charge in [-0.3, -0.25) is 4.79 Å². The van der Waals surface area contributed by atoms with Crippen molar-refractivity contribution in [1.29, 1.82) is 0 Å². The lowest BCUT2D eigenvalue weighted by Crippen LogP contribution is -2.40. The molecule has 29 heavy (non-hydrogen) atoms. The fourth-order valence-electron chi connectivity index (χ4n) is 3.03. The van der Waals surface area contributed by atoms with Crippen molar-refractivity contribution in [3.63, 3.8) is 0 Å². The van der Waals surface area contributed by atoms with E-state index in [4.69, 9.17) is 9.47 Å². The van der Waals surface area contributed by atoms with Crippen molar-refractivity contribution in [2.45, 2.75) is 11.0 Å². The van der Waals surface area contributed by atoms with E-state index in [0.29, 0.717) is 18.8 Å². The van der Waals surface area contributed by atoms with E-state index < -0.39 is 22.0 Å². The minimum atomic E-state index is -3.84. The van der Waals surface area contributed by atoms with Gasteiger partial charge in [0, 0.05) is 25.2 Å². The summed E-state index contributed by atoms with van der Waals surface area (Å²) in [6.07, 6.45) is -0.866. The highest BCUT2D eigenvalue weighted by molar-refractivity contribution is 7.89. The average Bonchev–Trinajstić information content (AvgIpc) is 2.77. The summed E-state index contributed by atoms with van der Waals surface area (Å²) in [6, 6.07) is 13.2. The van der Waals surface area contributed by atoms with Crippen molar-refractivity contribution in [3.8, 4) is 5.75 Å². The zero-order valence-corrected chi connectivity index (χ0v) is 16.9. The SMILES string of the molecule is COc1ccc(C(=O)NCC(O)c2ccccc2)cc1S(=O)(=O)N1CCOCC1. The first-order valence-corrected chi connectivity index (χ1v) is 10.6. The van der Waals surface area contributed by atoms with Crippen LogP contribution in [0.15, 0.2) is 53.4 Å². The van der Waals surface area contributed by atoms with Crippen LogP contribution in [0.5, 0.6) is 5.75 Å². The predicted octanol–water partition coefficient (Wildman–Crippen LogP) is 1.18. The molecule has 1 heterocycles. The minimum absolute atomic E-state index is 0.000420. The van der Waals surface area contributed by atoms with Gasteiger partial charge in [-0.15, -0.1) is 0 Å². The first-order valence-electron chi connectivity index (χ1n) is 9.20. The maximum Gasteiger partial charge on any atom is 0.251 e. The molecule has 2 aromatic carbocycles. The topological polar surface area (TPSA) is 105 Å². The fraction of sp³-hybridized carbons (Fsp3) is 0.350. The molecule has 1 atom stereocenters. The highest BCUT2D eigenvalue weighted by atomic mass is 32.2. The van der Waals surface area contributed by atoms with E-state index in [-0.39, 0.29) is 35.8 Å². The maximum absolute atomic E-state index is 13.0. The number of hydrogen-bond donors (Lipinski definition) is 2. The van der Waals surface area contributed by atoms with E-state index in [1.807, 2.05) is 6.07 Å². The van der Waals surface area contributed by atoms with Crippen molar-refractivity contribution in [2.75, 3.05) is 40.0 Å². The number of carbonyl (C=O) groups excluding carboxylic acids is 1. The van der Waals surface area contributed by atoms with Crippen LogP contribution in [-0.4, -0.2) is 63.7 Å². The molecule has 1 aliphatic rings. The Hall–Kier alpha value is -2.46. The zero-order valence-electron chi connectivity index (χ0n) is 16.1. The van der Waals surface area contributed by atoms with Gasteiger partial charge in [0.25, 0.3) is 5.91 Å². The second kappa shape index (κ2) is 9.36. The molecule has 0 saturated carbocycles. The monoisotopic (exact) mass is 420 g/mol. The number of ether oxygens (including phenoxy) is 2. The highest BCUT2D eigenvalue weighted by Crippen LogP contribution is 2.28. The van der Waals surface area contributed by atoms with Gasteiger partial charge in [-0.2, -0.15) is 4.31 Å². The summed E-state index contributed by atoms with van der Waals surface area (Å²) in [5.41, 5.74) is 0.844. The summed E-state index contributed by atoms with van der Waals surface area (Å²) in [7, 11) is -2.46. The Balaban J connectivity index is 1.78. The fourth-order valence-corrected chi connectivity index (χ4v) is 4.62. The Morgan fingerprint density at radius 2 is 1.90 bits per heavy atom. The lowest BCUT2D eigenvalue weighted by molar-refractivity contribution is 0.0729. The molecule has 1 unspecified atom stereocenters. The van der Waals surface area contributed by atoms with E-state index in [2.05, 4.69) is 5.32 Å². The molecule has 1 saturated heterocycles. The standard InChI is InChI=1S/C20H24N2O6S/c1-27-18-8-7-16(13-19(18)29(25,26)22-9-11-28-12-10-22)20(24)21-14-17(23)15-5-3-2-4-6-15/h2-8,13,17,23H,9-12,14H2,1H3,(H,21,24). The Kier molecular flexibility index (Phi) is 6.86. The number of sulfonamides is 1. The molecule has 0 aromatic heterocycles. The first kappa shape index (κ1) is 21.3. The Morgan fingerprint density at radius 3 is 2.55 bits per heavy atom. The van der Waals surface area contributed by atoms with Crippen LogP contribution in [0.4, 0.5) is 0 Å². The van der Waals surface area contributed by atoms with Gasteiger partial charge in [-0.25, -0.2) is 8.42 Å². The van der Waals surface area contributed by atoms with E-state index in [1.54, 1.807) is 24.3 Å². The molecule has 0 spiro atoms. The molecule has 2 aromatic rings. The van der Waals surface area contributed by atoms with Crippen molar-refractivity contribution in [3.05, 3.63) is 59.7 Å². The van der Waals surface area contributed by atoms with Crippen LogP contribution in [0.3, 0.4) is 0 Å². The molecule has 1 aliphatic heterocycles. The molecule has 0 radical (unpaired) electrons. The van der Waals surface area contributed by atoms with Crippen molar-refractivity contribution >= 4 is 15.9 Å². The highest BCUT2D eigenvalue weighted by Gasteiger charge is 2.30. The average molecular weight is 420 g/mol. The lowest BCUT2D eigenvalue weighted by Gasteiger charge is -2.26. The lowest BCUT2D eigenvalue weighted by atomic mass is 10.1. The molecule has 1 amide bonds. The van der Waals surface area contributed by atoms with Gasteiger partial charge < -0.3 is 19.9 Å². The van der Waals surface area contributed by atoms with Gasteiger partial charge in [0.2, 0.25) is 10.0 Å². The van der Waals surface area contributed by atoms with E-state index in [1.165, 1.54) is 29.6 Å². The van der Waals surface area contributed by atoms with Crippen LogP contribution in [0.2, 0.25) is 0 Å². The molecule has 0 bridgehead atoms. The second-order valence-corrected chi connectivity index (χ2v) is 8.42. The third-order valence-corrected chi connectivity index (χ3v) is 6.57. The summed E-state index contributed by atoms with van der Waals surface area (Å²) in [4.78, 5) is 12.5. The Labute approximate surface area is 170 Å². The molecule has 0 aliphatic carbocycles. The number of methoxy groups -OCH3 is 1. The number of carbonyl (C=O) groups is 1. The van der Waals surface area contributed by atoms with Crippen LogP contribution < -0.4 is 10.1 Å². The molecule has 1 fully saturated rings. The number of aliphatic hydroxyl groups excluding tert-OH is 1. The van der Waals surface area contributed by atoms with Crippen molar-refractivity contribution in [2.24, 2.45) is 0 Å². The molecule has 8 nitrogen and oxygen atoms in total. The number of aliphatic hydroxyl groups is 1. The van der Waals surface area contributed by atoms with Crippen LogP contribution in [0.25, 0.3) is 0 Å². The van der Waals surface area contributed by atoms with E-state index in [9.17, 15) is 18.3 Å². The summed E-state index contributed by atoms with van der Waals surface area (Å²) in [5, 5.41) is 12.8. The summed E-state index contributed by atoms with van der Waals surface area (Å²) in [6.45, 7) is 1.12. The maximum atomic E-state index is 13.0. The molecule has 3 rings (SSSR count). The second-order valence-electron chi connectivity index (χ2n) is 6.52. The summed E-state index contributed by atoms with van der Waals surface area (Å²) < 4.78 is 37.8. The number of hydrogen-bond acceptors (Lipinski definition) is 6. The van der Waals surface area contributed by atoms with Gasteiger partial charge in [-0.1, -0.05) is 30.3 Å². The van der Waals surface area contributed by atoms with Crippen LogP contribution >= 0.6 is 0 Å². The summed E-state index contributed by atoms with van der Waals surface area (Å²) in [5.74, 6) is -0.321. The third kappa shape index (κ3) is 4.94. The molecule has 156 valence electrons. The zero-order chi connectivity index (χ0) is 20.9. The first-order chi connectivity index (χ1) is 13.9. The Morgan fingerprint density at radius 1 is 1.21 bits per heavy atom.